The van der Waals surface area contributed by atoms with E-state index < -0.39 is 11.6 Å². The van der Waals surface area contributed by atoms with Crippen molar-refractivity contribution in [3.63, 3.8) is 0 Å². The first-order chi connectivity index (χ1) is 9.17. The van der Waals surface area contributed by atoms with Crippen molar-refractivity contribution in [1.82, 2.24) is 15.5 Å². The molecule has 0 aliphatic heterocycles. The van der Waals surface area contributed by atoms with Crippen LogP contribution in [0.3, 0.4) is 0 Å². The highest BCUT2D eigenvalue weighted by molar-refractivity contribution is 5.86. The second-order valence-corrected chi connectivity index (χ2v) is 6.02. The summed E-state index contributed by atoms with van der Waals surface area (Å²) in [5.74, 6) is -0.501. The number of ether oxygens (including phenoxy) is 1. The fourth-order valence-corrected chi connectivity index (χ4v) is 1.65. The molecule has 0 unspecified atom stereocenters. The Morgan fingerprint density at radius 2 is 1.80 bits per heavy atom. The van der Waals surface area contributed by atoms with Crippen LogP contribution in [0.4, 0.5) is 0 Å². The first-order valence-corrected chi connectivity index (χ1v) is 6.98. The van der Waals surface area contributed by atoms with Gasteiger partial charge in [0.2, 0.25) is 5.91 Å². The van der Waals surface area contributed by atoms with Crippen molar-refractivity contribution in [2.24, 2.45) is 0 Å². The fraction of sp³-hybridized carbons (Fsp3) is 0.857. The van der Waals surface area contributed by atoms with Crippen molar-refractivity contribution in [2.45, 2.75) is 45.3 Å². The lowest BCUT2D eigenvalue weighted by molar-refractivity contribution is -0.157. The van der Waals surface area contributed by atoms with Gasteiger partial charge in [-0.25, -0.2) is 0 Å². The number of likely N-dealkylation sites (N-methyl/N-ethyl adjacent to an activating group) is 1. The van der Waals surface area contributed by atoms with Gasteiger partial charge in [0.15, 0.2) is 0 Å². The SMILES string of the molecule is CNCCCNC(=O)[C@H](CC(=O)OC(C)(C)C)N(C)C. The second-order valence-electron chi connectivity index (χ2n) is 6.02. The van der Waals surface area contributed by atoms with E-state index in [2.05, 4.69) is 10.6 Å². The Balaban J connectivity index is 4.35. The van der Waals surface area contributed by atoms with E-state index in [4.69, 9.17) is 4.74 Å². The molecular weight excluding hydrogens is 258 g/mol. The summed E-state index contributed by atoms with van der Waals surface area (Å²) in [6.07, 6.45) is 0.914. The van der Waals surface area contributed by atoms with Gasteiger partial charge in [-0.05, 0) is 54.9 Å². The highest BCUT2D eigenvalue weighted by atomic mass is 16.6. The lowest BCUT2D eigenvalue weighted by Gasteiger charge is -2.25. The number of nitrogens with zero attached hydrogens (tertiary/aromatic N) is 1. The summed E-state index contributed by atoms with van der Waals surface area (Å²) in [6, 6.07) is -0.501. The quantitative estimate of drug-likeness (QED) is 0.499. The van der Waals surface area contributed by atoms with E-state index in [1.807, 2.05) is 27.8 Å². The maximum Gasteiger partial charge on any atom is 0.308 e. The molecule has 0 fully saturated rings. The van der Waals surface area contributed by atoms with Crippen LogP contribution in [0, 0.1) is 0 Å². The van der Waals surface area contributed by atoms with Gasteiger partial charge in [-0.1, -0.05) is 0 Å². The third kappa shape index (κ3) is 8.87. The first kappa shape index (κ1) is 18.9. The van der Waals surface area contributed by atoms with E-state index in [0.717, 1.165) is 13.0 Å². The molecule has 6 nitrogen and oxygen atoms in total. The summed E-state index contributed by atoms with van der Waals surface area (Å²) < 4.78 is 5.26. The van der Waals surface area contributed by atoms with Crippen LogP contribution in [-0.2, 0) is 14.3 Å². The van der Waals surface area contributed by atoms with Gasteiger partial charge in [0, 0.05) is 6.54 Å². The van der Waals surface area contributed by atoms with Gasteiger partial charge in [-0.3, -0.25) is 14.5 Å². The van der Waals surface area contributed by atoms with Crippen LogP contribution in [0.5, 0.6) is 0 Å². The summed E-state index contributed by atoms with van der Waals surface area (Å²) in [7, 11) is 5.43. The van der Waals surface area contributed by atoms with Crippen LogP contribution in [0.15, 0.2) is 0 Å². The zero-order valence-electron chi connectivity index (χ0n) is 13.6. The molecule has 1 atom stereocenters. The van der Waals surface area contributed by atoms with E-state index in [-0.39, 0.29) is 18.3 Å². The standard InChI is InChI=1S/C14H29N3O3/c1-14(2,3)20-12(18)10-11(17(5)6)13(19)16-9-7-8-15-4/h11,15H,7-10H2,1-6H3,(H,16,19)/t11-/m0/s1. The first-order valence-electron chi connectivity index (χ1n) is 6.98. The van der Waals surface area contributed by atoms with Crippen LogP contribution < -0.4 is 10.6 Å². The highest BCUT2D eigenvalue weighted by Gasteiger charge is 2.26. The molecule has 0 aliphatic carbocycles. The Bertz CT molecular complexity index is 311. The molecule has 0 saturated carbocycles. The molecule has 0 aromatic carbocycles. The average molecular weight is 287 g/mol. The molecule has 118 valence electrons. The zero-order chi connectivity index (χ0) is 15.8. The van der Waals surface area contributed by atoms with Crippen LogP contribution in [-0.4, -0.2) is 62.7 Å². The van der Waals surface area contributed by atoms with Gasteiger partial charge in [0.05, 0.1) is 12.5 Å². The lowest BCUT2D eigenvalue weighted by Crippen LogP contribution is -2.46. The Kier molecular flexibility index (Phi) is 8.41. The van der Waals surface area contributed by atoms with Gasteiger partial charge in [-0.15, -0.1) is 0 Å². The number of esters is 1. The van der Waals surface area contributed by atoms with E-state index in [1.54, 1.807) is 19.0 Å². The van der Waals surface area contributed by atoms with E-state index in [9.17, 15) is 9.59 Å². The van der Waals surface area contributed by atoms with Crippen LogP contribution in [0.1, 0.15) is 33.6 Å². The minimum absolute atomic E-state index is 0.0577. The van der Waals surface area contributed by atoms with E-state index >= 15 is 0 Å². The van der Waals surface area contributed by atoms with Gasteiger partial charge < -0.3 is 15.4 Å². The molecule has 0 rings (SSSR count). The smallest absolute Gasteiger partial charge is 0.308 e. The average Bonchev–Trinajstić information content (AvgIpc) is 2.28. The van der Waals surface area contributed by atoms with Crippen LogP contribution >= 0.6 is 0 Å². The predicted octanol–water partition coefficient (Wildman–Crippen LogP) is 0.374. The van der Waals surface area contributed by atoms with Crippen molar-refractivity contribution in [3.05, 3.63) is 0 Å². The monoisotopic (exact) mass is 287 g/mol. The number of amides is 1. The maximum absolute atomic E-state index is 12.1. The molecule has 20 heavy (non-hydrogen) atoms. The van der Waals surface area contributed by atoms with Gasteiger partial charge in [-0.2, -0.15) is 0 Å². The number of rotatable bonds is 8. The molecule has 0 aromatic heterocycles. The van der Waals surface area contributed by atoms with Gasteiger partial charge >= 0.3 is 5.97 Å². The van der Waals surface area contributed by atoms with Crippen LogP contribution in [0.2, 0.25) is 0 Å². The molecule has 0 aromatic rings. The largest absolute Gasteiger partial charge is 0.460 e. The molecular formula is C14H29N3O3. The van der Waals surface area contributed by atoms with Crippen molar-refractivity contribution in [3.8, 4) is 0 Å². The maximum atomic E-state index is 12.1. The Morgan fingerprint density at radius 1 is 1.20 bits per heavy atom. The summed E-state index contributed by atoms with van der Waals surface area (Å²) in [6.45, 7) is 6.88. The van der Waals surface area contributed by atoms with Crippen molar-refractivity contribution >= 4 is 11.9 Å². The molecule has 0 aliphatic rings. The molecule has 2 N–H and O–H groups in total. The molecule has 0 radical (unpaired) electrons. The Labute approximate surface area is 122 Å². The summed E-state index contributed by atoms with van der Waals surface area (Å²) in [4.78, 5) is 25.6. The van der Waals surface area contributed by atoms with Gasteiger partial charge in [0.25, 0.3) is 0 Å². The number of carbonyl (C=O) groups is 2. The number of hydrogen-bond donors (Lipinski definition) is 2. The second kappa shape index (κ2) is 8.92. The van der Waals surface area contributed by atoms with Gasteiger partial charge in [0.1, 0.15) is 5.60 Å². The topological polar surface area (TPSA) is 70.7 Å². The van der Waals surface area contributed by atoms with Crippen molar-refractivity contribution in [2.75, 3.05) is 34.2 Å². The number of carbonyl (C=O) groups excluding carboxylic acids is 2. The summed E-state index contributed by atoms with van der Waals surface area (Å²) in [5, 5.41) is 5.85. The minimum Gasteiger partial charge on any atom is -0.460 e. The third-order valence-corrected chi connectivity index (χ3v) is 2.61. The van der Waals surface area contributed by atoms with Crippen molar-refractivity contribution in [1.29, 1.82) is 0 Å². The molecule has 1 amide bonds. The predicted molar refractivity (Wildman–Crippen MR) is 79.5 cm³/mol. The lowest BCUT2D eigenvalue weighted by atomic mass is 10.1. The minimum atomic E-state index is -0.531. The molecule has 0 bridgehead atoms. The summed E-state index contributed by atoms with van der Waals surface area (Å²) in [5.41, 5.74) is -0.531. The Hall–Kier alpha value is -1.14. The highest BCUT2D eigenvalue weighted by Crippen LogP contribution is 2.11. The zero-order valence-corrected chi connectivity index (χ0v) is 13.6. The number of nitrogens with one attached hydrogen (secondary N) is 2. The van der Waals surface area contributed by atoms with E-state index in [0.29, 0.717) is 6.54 Å². The van der Waals surface area contributed by atoms with E-state index in [1.165, 1.54) is 0 Å². The molecule has 6 heteroatoms. The normalized spacial score (nSPS) is 13.2. The number of hydrogen-bond acceptors (Lipinski definition) is 5. The van der Waals surface area contributed by atoms with Crippen LogP contribution in [0.25, 0.3) is 0 Å². The molecule has 0 spiro atoms. The molecule has 0 heterocycles. The Morgan fingerprint density at radius 3 is 2.25 bits per heavy atom. The fourth-order valence-electron chi connectivity index (χ4n) is 1.65. The summed E-state index contributed by atoms with van der Waals surface area (Å²) >= 11 is 0. The third-order valence-electron chi connectivity index (χ3n) is 2.61. The van der Waals surface area contributed by atoms with Crippen molar-refractivity contribution < 1.29 is 14.3 Å². The molecule has 0 saturated heterocycles.